The van der Waals surface area contributed by atoms with E-state index in [-0.39, 0.29) is 11.3 Å². The van der Waals surface area contributed by atoms with Gasteiger partial charge in [0.1, 0.15) is 0 Å². The Morgan fingerprint density at radius 3 is 2.41 bits per heavy atom. The molecule has 0 saturated carbocycles. The first-order valence-electron chi connectivity index (χ1n) is 8.18. The highest BCUT2D eigenvalue weighted by Gasteiger charge is 2.21. The fourth-order valence-corrected chi connectivity index (χ4v) is 4.70. The van der Waals surface area contributed by atoms with E-state index in [0.717, 1.165) is 15.6 Å². The summed E-state index contributed by atoms with van der Waals surface area (Å²) in [6.45, 7) is 0. The largest absolute Gasteiger partial charge is 0.315 e. The van der Waals surface area contributed by atoms with Crippen LogP contribution in [0.15, 0.2) is 65.0 Å². The van der Waals surface area contributed by atoms with Gasteiger partial charge in [0, 0.05) is 27.5 Å². The van der Waals surface area contributed by atoms with Gasteiger partial charge in [-0.25, -0.2) is 4.99 Å². The zero-order valence-electron chi connectivity index (χ0n) is 14.0. The van der Waals surface area contributed by atoms with Crippen LogP contribution in [0.2, 0.25) is 10.0 Å². The number of thioether (sulfide) groups is 1. The zero-order valence-corrected chi connectivity index (χ0v) is 17.2. The van der Waals surface area contributed by atoms with Gasteiger partial charge in [-0.05, 0) is 60.0 Å². The number of anilines is 1. The topological polar surface area (TPSA) is 32.7 Å². The Morgan fingerprint density at radius 2 is 1.70 bits per heavy atom. The molecule has 1 atom stereocenters. The fourth-order valence-electron chi connectivity index (χ4n) is 2.69. The highest BCUT2D eigenvalue weighted by atomic mass is 35.5. The maximum atomic E-state index is 12.5. The summed E-state index contributed by atoms with van der Waals surface area (Å²) >= 11 is 15.1. The molecule has 2 heterocycles. The molecular formula is C20H14Cl2N2OS2. The van der Waals surface area contributed by atoms with Gasteiger partial charge in [-0.2, -0.15) is 0 Å². The van der Waals surface area contributed by atoms with Gasteiger partial charge < -0.3 is 4.90 Å². The van der Waals surface area contributed by atoms with E-state index in [1.165, 1.54) is 11.8 Å². The maximum absolute atomic E-state index is 12.5. The summed E-state index contributed by atoms with van der Waals surface area (Å²) in [7, 11) is 0. The Kier molecular flexibility index (Phi) is 5.55. The molecule has 0 aliphatic carbocycles. The van der Waals surface area contributed by atoms with Crippen molar-refractivity contribution < 1.29 is 4.79 Å². The third kappa shape index (κ3) is 4.22. The number of benzene rings is 2. The van der Waals surface area contributed by atoms with Gasteiger partial charge in [-0.15, -0.1) is 23.1 Å². The summed E-state index contributed by atoms with van der Waals surface area (Å²) in [5.74, 6) is 0.381. The number of carbonyl (C=O) groups is 1. The minimum Gasteiger partial charge on any atom is -0.315 e. The van der Waals surface area contributed by atoms with Crippen molar-refractivity contribution in [3.8, 4) is 0 Å². The molecule has 3 nitrogen and oxygen atoms in total. The van der Waals surface area contributed by atoms with E-state index in [2.05, 4.69) is 11.1 Å². The molecule has 4 rings (SSSR count). The van der Waals surface area contributed by atoms with Crippen molar-refractivity contribution >= 4 is 64.0 Å². The van der Waals surface area contributed by atoms with Crippen molar-refractivity contribution in [2.75, 3.05) is 10.7 Å². The number of nitrogens with zero attached hydrogens (tertiary/aromatic N) is 2. The molecule has 0 amide bonds. The first-order valence-corrected chi connectivity index (χ1v) is 10.9. The fraction of sp³-hybridized carbons (Fsp3) is 0.100. The second-order valence-electron chi connectivity index (χ2n) is 5.88. The average molecular weight is 433 g/mol. The molecule has 0 saturated heterocycles. The molecule has 0 fully saturated rings. The molecule has 0 N–H and O–H groups in total. The van der Waals surface area contributed by atoms with Gasteiger partial charge in [-0.1, -0.05) is 23.2 Å². The van der Waals surface area contributed by atoms with Crippen LogP contribution in [0.25, 0.3) is 6.20 Å². The lowest BCUT2D eigenvalue weighted by Crippen LogP contribution is -2.38. The van der Waals surface area contributed by atoms with Crippen LogP contribution in [-0.4, -0.2) is 17.0 Å². The van der Waals surface area contributed by atoms with Crippen molar-refractivity contribution in [1.82, 2.24) is 0 Å². The quantitative estimate of drug-likeness (QED) is 0.541. The summed E-state index contributed by atoms with van der Waals surface area (Å²) in [6.07, 6.45) is 2.08. The molecule has 136 valence electrons. The van der Waals surface area contributed by atoms with Gasteiger partial charge in [0.05, 0.1) is 15.6 Å². The Hall–Kier alpha value is -1.79. The van der Waals surface area contributed by atoms with Crippen LogP contribution in [-0.2, 0) is 0 Å². The van der Waals surface area contributed by atoms with Gasteiger partial charge in [0.15, 0.2) is 11.3 Å². The molecule has 2 aromatic carbocycles. The molecule has 0 spiro atoms. The molecule has 7 heteroatoms. The molecule has 1 aromatic heterocycles. The summed E-state index contributed by atoms with van der Waals surface area (Å²) in [4.78, 5) is 19.4. The molecule has 3 aromatic rings. The summed E-state index contributed by atoms with van der Waals surface area (Å²) in [5, 5.41) is 4.29. The third-order valence-corrected chi connectivity index (χ3v) is 6.48. The van der Waals surface area contributed by atoms with Crippen LogP contribution >= 0.6 is 46.3 Å². The van der Waals surface area contributed by atoms with E-state index in [4.69, 9.17) is 28.2 Å². The highest BCUT2D eigenvalue weighted by Crippen LogP contribution is 2.28. The monoisotopic (exact) mass is 432 g/mol. The molecule has 1 aliphatic rings. The molecule has 1 aliphatic heterocycles. The van der Waals surface area contributed by atoms with E-state index in [9.17, 15) is 4.79 Å². The van der Waals surface area contributed by atoms with Crippen molar-refractivity contribution in [1.29, 1.82) is 0 Å². The van der Waals surface area contributed by atoms with E-state index < -0.39 is 0 Å². The Bertz CT molecular complexity index is 1080. The number of hydrogen-bond donors (Lipinski definition) is 0. The Morgan fingerprint density at radius 1 is 1.04 bits per heavy atom. The van der Waals surface area contributed by atoms with Crippen LogP contribution in [0.3, 0.4) is 0 Å². The van der Waals surface area contributed by atoms with Crippen molar-refractivity contribution in [3.05, 3.63) is 85.5 Å². The SMILES string of the molecule is O=C(CSC1N=c2ccsc2=CN1c1ccc(Cl)cc1)c1ccc(Cl)cc1. The molecular weight excluding hydrogens is 419 g/mol. The third-order valence-electron chi connectivity index (χ3n) is 4.07. The smallest absolute Gasteiger partial charge is 0.173 e. The minimum atomic E-state index is -0.218. The van der Waals surface area contributed by atoms with Crippen molar-refractivity contribution in [2.24, 2.45) is 4.99 Å². The van der Waals surface area contributed by atoms with Gasteiger partial charge >= 0.3 is 0 Å². The second-order valence-corrected chi connectivity index (χ2v) is 8.74. The van der Waals surface area contributed by atoms with Crippen molar-refractivity contribution in [3.63, 3.8) is 0 Å². The van der Waals surface area contributed by atoms with Crippen LogP contribution in [0.4, 0.5) is 5.69 Å². The number of thiophene rings is 1. The van der Waals surface area contributed by atoms with Gasteiger partial charge in [0.25, 0.3) is 0 Å². The van der Waals surface area contributed by atoms with Crippen LogP contribution in [0.1, 0.15) is 10.4 Å². The summed E-state index contributed by atoms with van der Waals surface area (Å²) in [6, 6.07) is 16.6. The first-order chi connectivity index (χ1) is 13.1. The van der Waals surface area contributed by atoms with E-state index in [0.29, 0.717) is 21.4 Å². The Balaban J connectivity index is 1.58. The lowest BCUT2D eigenvalue weighted by molar-refractivity contribution is 0.102. The van der Waals surface area contributed by atoms with E-state index >= 15 is 0 Å². The highest BCUT2D eigenvalue weighted by molar-refractivity contribution is 8.00. The lowest BCUT2D eigenvalue weighted by Gasteiger charge is -2.28. The number of fused-ring (bicyclic) bond motifs is 1. The van der Waals surface area contributed by atoms with Crippen molar-refractivity contribution in [2.45, 2.75) is 5.50 Å². The number of ketones is 1. The predicted octanol–water partition coefficient (Wildman–Crippen LogP) is 4.83. The Labute approximate surface area is 174 Å². The predicted molar refractivity (Wildman–Crippen MR) is 116 cm³/mol. The number of hydrogen-bond acceptors (Lipinski definition) is 5. The summed E-state index contributed by atoms with van der Waals surface area (Å²) in [5.41, 5.74) is 1.42. The van der Waals surface area contributed by atoms with E-state index in [1.54, 1.807) is 35.6 Å². The maximum Gasteiger partial charge on any atom is 0.173 e. The van der Waals surface area contributed by atoms with Crippen LogP contribution in [0, 0.1) is 0 Å². The molecule has 0 radical (unpaired) electrons. The average Bonchev–Trinajstić information content (AvgIpc) is 3.14. The number of Topliss-reactive ketones (excluding diaryl/α,β-unsaturated/α-hetero) is 1. The van der Waals surface area contributed by atoms with Crippen LogP contribution < -0.4 is 14.8 Å². The molecule has 0 bridgehead atoms. The minimum absolute atomic E-state index is 0.0547. The van der Waals surface area contributed by atoms with Gasteiger partial charge in [-0.3, -0.25) is 4.79 Å². The van der Waals surface area contributed by atoms with Gasteiger partial charge in [0.2, 0.25) is 0 Å². The second kappa shape index (κ2) is 8.07. The number of carbonyl (C=O) groups excluding carboxylic acids is 1. The van der Waals surface area contributed by atoms with E-state index in [1.807, 2.05) is 35.7 Å². The summed E-state index contributed by atoms with van der Waals surface area (Å²) < 4.78 is 1.10. The lowest BCUT2D eigenvalue weighted by atomic mass is 10.1. The zero-order chi connectivity index (χ0) is 18.8. The molecule has 1 unspecified atom stereocenters. The first kappa shape index (κ1) is 18.6. The van der Waals surface area contributed by atoms with Crippen LogP contribution in [0.5, 0.6) is 0 Å². The standard InChI is InChI=1S/C20H14Cl2N2OS2/c21-14-3-1-13(2-4-14)18(25)12-27-20-23-17-9-10-26-19(17)11-24(20)16-7-5-15(22)6-8-16/h1-11,20H,12H2. The normalized spacial score (nSPS) is 15.6. The number of halogens is 2. The molecule has 27 heavy (non-hydrogen) atoms. The number of rotatable bonds is 5.